The largest absolute Gasteiger partial charge is 0.392 e. The van der Waals surface area contributed by atoms with Crippen LogP contribution in [0.3, 0.4) is 0 Å². The Kier molecular flexibility index (Phi) is 5.15. The summed E-state index contributed by atoms with van der Waals surface area (Å²) in [6.45, 7) is 5.54. The number of aliphatic hydroxyl groups excluding tert-OH is 1. The van der Waals surface area contributed by atoms with Gasteiger partial charge >= 0.3 is 0 Å². The molecule has 6 nitrogen and oxygen atoms in total. The molecule has 0 radical (unpaired) electrons. The van der Waals surface area contributed by atoms with Crippen LogP contribution in [0.4, 0.5) is 0 Å². The second kappa shape index (κ2) is 7.48. The predicted molar refractivity (Wildman–Crippen MR) is 88.1 cm³/mol. The lowest BCUT2D eigenvalue weighted by Crippen LogP contribution is -2.50. The van der Waals surface area contributed by atoms with Crippen molar-refractivity contribution in [2.45, 2.75) is 13.2 Å². The van der Waals surface area contributed by atoms with E-state index in [-0.39, 0.29) is 12.5 Å². The number of hydrogen-bond donors (Lipinski definition) is 2. The van der Waals surface area contributed by atoms with E-state index < -0.39 is 0 Å². The Labute approximate surface area is 137 Å². The molecule has 1 saturated heterocycles. The van der Waals surface area contributed by atoms with Crippen LogP contribution in [0, 0.1) is 0 Å². The van der Waals surface area contributed by atoms with Crippen molar-refractivity contribution < 1.29 is 9.90 Å². The molecule has 124 valence electrons. The Morgan fingerprint density at radius 1 is 1.09 bits per heavy atom. The van der Waals surface area contributed by atoms with Gasteiger partial charge in [-0.05, 0) is 11.1 Å². The van der Waals surface area contributed by atoms with Gasteiger partial charge in [0.25, 0.3) is 0 Å². The van der Waals surface area contributed by atoms with Gasteiger partial charge in [0.1, 0.15) is 0 Å². The molecule has 23 heavy (non-hydrogen) atoms. The number of carbonyl (C=O) groups excluding carboxylic acids is 1. The molecule has 0 bridgehead atoms. The monoisotopic (exact) mass is 316 g/mol. The van der Waals surface area contributed by atoms with Gasteiger partial charge in [0.2, 0.25) is 5.91 Å². The second-order valence-electron chi connectivity index (χ2n) is 6.06. The van der Waals surface area contributed by atoms with E-state index in [4.69, 9.17) is 5.11 Å². The van der Waals surface area contributed by atoms with E-state index in [1.165, 1.54) is 5.56 Å². The molecule has 2 heterocycles. The summed E-state index contributed by atoms with van der Waals surface area (Å²) >= 11 is 0. The standard InChI is InChI=1S/C17H24N4O2/c22-13-16-3-1-15(2-4-16)11-19-7-9-21(10-8-19)17(23)12-20-6-5-18-14-20/h1-6,18,22H,7-14H2. The molecule has 6 heteroatoms. The third kappa shape index (κ3) is 4.24. The van der Waals surface area contributed by atoms with Crippen molar-refractivity contribution in [2.24, 2.45) is 0 Å². The van der Waals surface area contributed by atoms with Gasteiger partial charge in [0.15, 0.2) is 0 Å². The van der Waals surface area contributed by atoms with Crippen LogP contribution in [0.1, 0.15) is 11.1 Å². The van der Waals surface area contributed by atoms with Crippen LogP contribution in [0.2, 0.25) is 0 Å². The third-order valence-corrected chi connectivity index (χ3v) is 4.37. The first-order chi connectivity index (χ1) is 11.2. The Morgan fingerprint density at radius 2 is 1.78 bits per heavy atom. The SMILES string of the molecule is O=C(CN1C=CNC1)N1CCN(Cc2ccc(CO)cc2)CC1. The highest BCUT2D eigenvalue weighted by Gasteiger charge is 2.22. The van der Waals surface area contributed by atoms with Gasteiger partial charge in [-0.15, -0.1) is 0 Å². The van der Waals surface area contributed by atoms with Crippen LogP contribution in [0.5, 0.6) is 0 Å². The first-order valence-corrected chi connectivity index (χ1v) is 8.07. The molecule has 1 fully saturated rings. The highest BCUT2D eigenvalue weighted by Crippen LogP contribution is 2.11. The number of nitrogens with zero attached hydrogens (tertiary/aromatic N) is 3. The van der Waals surface area contributed by atoms with Gasteiger partial charge in [0.05, 0.1) is 19.8 Å². The first kappa shape index (κ1) is 15.8. The first-order valence-electron chi connectivity index (χ1n) is 8.07. The molecule has 1 amide bonds. The van der Waals surface area contributed by atoms with Gasteiger partial charge in [-0.2, -0.15) is 0 Å². The zero-order chi connectivity index (χ0) is 16.1. The summed E-state index contributed by atoms with van der Waals surface area (Å²) < 4.78 is 0. The van der Waals surface area contributed by atoms with Crippen molar-refractivity contribution in [2.75, 3.05) is 39.4 Å². The van der Waals surface area contributed by atoms with Crippen LogP contribution in [0.15, 0.2) is 36.7 Å². The molecule has 0 spiro atoms. The summed E-state index contributed by atoms with van der Waals surface area (Å²) in [5.41, 5.74) is 2.19. The number of nitrogens with one attached hydrogen (secondary N) is 1. The molecule has 0 aliphatic carbocycles. The summed E-state index contributed by atoms with van der Waals surface area (Å²) in [7, 11) is 0. The van der Waals surface area contributed by atoms with Crippen LogP contribution in [0.25, 0.3) is 0 Å². The summed E-state index contributed by atoms with van der Waals surface area (Å²) in [6.07, 6.45) is 3.79. The van der Waals surface area contributed by atoms with Gasteiger partial charge in [-0.3, -0.25) is 9.69 Å². The molecule has 0 aromatic heterocycles. The van der Waals surface area contributed by atoms with Crippen molar-refractivity contribution in [3.05, 3.63) is 47.8 Å². The number of benzene rings is 1. The van der Waals surface area contributed by atoms with Gasteiger partial charge in [0, 0.05) is 45.1 Å². The molecule has 2 aliphatic rings. The minimum Gasteiger partial charge on any atom is -0.392 e. The molecule has 0 saturated carbocycles. The van der Waals surface area contributed by atoms with E-state index in [2.05, 4.69) is 22.3 Å². The van der Waals surface area contributed by atoms with Gasteiger partial charge in [-0.25, -0.2) is 0 Å². The summed E-state index contributed by atoms with van der Waals surface area (Å²) in [5.74, 6) is 0.199. The average molecular weight is 316 g/mol. The van der Waals surface area contributed by atoms with Crippen molar-refractivity contribution >= 4 is 5.91 Å². The molecule has 2 aliphatic heterocycles. The lowest BCUT2D eigenvalue weighted by Gasteiger charge is -2.35. The maximum absolute atomic E-state index is 12.3. The Morgan fingerprint density at radius 3 is 2.39 bits per heavy atom. The fraction of sp³-hybridized carbons (Fsp3) is 0.471. The smallest absolute Gasteiger partial charge is 0.242 e. The van der Waals surface area contributed by atoms with Crippen molar-refractivity contribution in [1.82, 2.24) is 20.0 Å². The highest BCUT2D eigenvalue weighted by atomic mass is 16.3. The van der Waals surface area contributed by atoms with E-state index in [1.807, 2.05) is 34.3 Å². The number of hydrogen-bond acceptors (Lipinski definition) is 5. The minimum absolute atomic E-state index is 0.0861. The molecule has 3 rings (SSSR count). The number of piperazine rings is 1. The fourth-order valence-corrected chi connectivity index (χ4v) is 2.93. The van der Waals surface area contributed by atoms with E-state index in [0.717, 1.165) is 45.0 Å². The normalized spacial score (nSPS) is 18.3. The number of carbonyl (C=O) groups is 1. The average Bonchev–Trinajstić information content (AvgIpc) is 3.09. The molecule has 0 atom stereocenters. The van der Waals surface area contributed by atoms with Gasteiger partial charge in [-0.1, -0.05) is 24.3 Å². The van der Waals surface area contributed by atoms with Crippen molar-refractivity contribution in [3.63, 3.8) is 0 Å². The summed E-state index contributed by atoms with van der Waals surface area (Å²) in [6, 6.07) is 8.06. The van der Waals surface area contributed by atoms with Crippen LogP contribution in [-0.2, 0) is 17.9 Å². The third-order valence-electron chi connectivity index (χ3n) is 4.37. The van der Waals surface area contributed by atoms with Gasteiger partial charge < -0.3 is 20.2 Å². The van der Waals surface area contributed by atoms with E-state index in [9.17, 15) is 4.79 Å². The summed E-state index contributed by atoms with van der Waals surface area (Å²) in [5, 5.41) is 12.1. The van der Waals surface area contributed by atoms with Crippen LogP contribution < -0.4 is 5.32 Å². The Balaban J connectivity index is 1.44. The lowest BCUT2D eigenvalue weighted by molar-refractivity contribution is -0.133. The molecule has 1 aromatic rings. The van der Waals surface area contributed by atoms with Crippen molar-refractivity contribution in [3.8, 4) is 0 Å². The molecular formula is C17H24N4O2. The van der Waals surface area contributed by atoms with E-state index in [0.29, 0.717) is 6.54 Å². The highest BCUT2D eigenvalue weighted by molar-refractivity contribution is 5.78. The lowest BCUT2D eigenvalue weighted by atomic mass is 10.1. The maximum Gasteiger partial charge on any atom is 0.242 e. The second-order valence-corrected chi connectivity index (χ2v) is 6.06. The topological polar surface area (TPSA) is 59.1 Å². The zero-order valence-electron chi connectivity index (χ0n) is 13.3. The number of aliphatic hydroxyl groups is 1. The molecule has 1 aromatic carbocycles. The molecular weight excluding hydrogens is 292 g/mol. The number of rotatable bonds is 5. The Hall–Kier alpha value is -2.05. The number of amides is 1. The van der Waals surface area contributed by atoms with Crippen LogP contribution >= 0.6 is 0 Å². The summed E-state index contributed by atoms with van der Waals surface area (Å²) in [4.78, 5) is 18.6. The predicted octanol–water partition coefficient (Wildman–Crippen LogP) is 0.157. The molecule has 2 N–H and O–H groups in total. The minimum atomic E-state index is 0.0861. The Bertz CT molecular complexity index is 550. The van der Waals surface area contributed by atoms with E-state index >= 15 is 0 Å². The fourth-order valence-electron chi connectivity index (χ4n) is 2.93. The van der Waals surface area contributed by atoms with Crippen LogP contribution in [-0.4, -0.2) is 65.1 Å². The quantitative estimate of drug-likeness (QED) is 0.810. The molecule has 0 unspecified atom stereocenters. The zero-order valence-corrected chi connectivity index (χ0v) is 13.3. The van der Waals surface area contributed by atoms with Crippen molar-refractivity contribution in [1.29, 1.82) is 0 Å². The van der Waals surface area contributed by atoms with E-state index in [1.54, 1.807) is 0 Å². The maximum atomic E-state index is 12.3.